The van der Waals surface area contributed by atoms with E-state index >= 15 is 0 Å². The van der Waals surface area contributed by atoms with Crippen LogP contribution in [0.3, 0.4) is 0 Å². The smallest absolute Gasteiger partial charge is 0.231 e. The fraction of sp³-hybridized carbons (Fsp3) is 0.0870. The molecule has 5 heteroatoms. The second kappa shape index (κ2) is 7.70. The van der Waals surface area contributed by atoms with Crippen molar-refractivity contribution >= 4 is 35.1 Å². The zero-order chi connectivity index (χ0) is 19.7. The lowest BCUT2D eigenvalue weighted by Gasteiger charge is -2.07. The monoisotopic (exact) mass is 410 g/mol. The van der Waals surface area contributed by atoms with Crippen LogP contribution in [-0.4, -0.2) is 5.78 Å². The van der Waals surface area contributed by atoms with E-state index in [4.69, 9.17) is 32.7 Å². The molecule has 0 amide bonds. The van der Waals surface area contributed by atoms with Crippen molar-refractivity contribution in [2.45, 2.75) is 13.5 Å². The van der Waals surface area contributed by atoms with Gasteiger partial charge in [-0.15, -0.1) is 0 Å². The van der Waals surface area contributed by atoms with Gasteiger partial charge in [0.1, 0.15) is 18.1 Å². The van der Waals surface area contributed by atoms with Crippen LogP contribution in [0.25, 0.3) is 6.08 Å². The Morgan fingerprint density at radius 2 is 1.75 bits per heavy atom. The fourth-order valence-electron chi connectivity index (χ4n) is 2.86. The number of aryl methyl sites for hydroxylation is 1. The molecule has 3 aromatic carbocycles. The fourth-order valence-corrected chi connectivity index (χ4v) is 3.17. The molecule has 1 aliphatic rings. The van der Waals surface area contributed by atoms with Crippen molar-refractivity contribution in [3.63, 3.8) is 0 Å². The summed E-state index contributed by atoms with van der Waals surface area (Å²) in [5.41, 5.74) is 3.52. The molecule has 0 N–H and O–H groups in total. The molecule has 0 fully saturated rings. The molecule has 0 saturated heterocycles. The maximum absolute atomic E-state index is 12.6. The van der Waals surface area contributed by atoms with E-state index in [2.05, 4.69) is 0 Å². The van der Waals surface area contributed by atoms with Crippen molar-refractivity contribution in [3.8, 4) is 11.5 Å². The highest BCUT2D eigenvalue weighted by Gasteiger charge is 2.27. The largest absolute Gasteiger partial charge is 0.489 e. The summed E-state index contributed by atoms with van der Waals surface area (Å²) in [6.45, 7) is 2.49. The lowest BCUT2D eigenvalue weighted by molar-refractivity contribution is 0.101. The molecule has 3 aromatic rings. The molecule has 0 radical (unpaired) electrons. The Kier molecular flexibility index (Phi) is 5.12. The maximum Gasteiger partial charge on any atom is 0.231 e. The van der Waals surface area contributed by atoms with Crippen LogP contribution in [0.1, 0.15) is 27.0 Å². The van der Waals surface area contributed by atoms with E-state index in [1.807, 2.05) is 31.2 Å². The first-order valence-corrected chi connectivity index (χ1v) is 9.47. The Balaban J connectivity index is 1.51. The Morgan fingerprint density at radius 1 is 0.964 bits per heavy atom. The average Bonchev–Trinajstić information content (AvgIpc) is 2.99. The average molecular weight is 411 g/mol. The zero-order valence-electron chi connectivity index (χ0n) is 15.0. The number of allylic oxidation sites excluding steroid dienone is 1. The van der Waals surface area contributed by atoms with Crippen molar-refractivity contribution in [2.24, 2.45) is 0 Å². The number of rotatable bonds is 4. The number of hydrogen-bond acceptors (Lipinski definition) is 3. The molecular weight excluding hydrogens is 395 g/mol. The minimum atomic E-state index is -0.175. The van der Waals surface area contributed by atoms with Crippen LogP contribution < -0.4 is 9.47 Å². The quantitative estimate of drug-likeness (QED) is 0.460. The van der Waals surface area contributed by atoms with Crippen molar-refractivity contribution < 1.29 is 14.3 Å². The topological polar surface area (TPSA) is 35.5 Å². The van der Waals surface area contributed by atoms with Gasteiger partial charge in [0.05, 0.1) is 15.6 Å². The number of ketones is 1. The van der Waals surface area contributed by atoms with Crippen LogP contribution in [0, 0.1) is 6.92 Å². The number of carbonyl (C=O) groups is 1. The summed E-state index contributed by atoms with van der Waals surface area (Å²) < 4.78 is 11.6. The van der Waals surface area contributed by atoms with Gasteiger partial charge in [-0.2, -0.15) is 0 Å². The predicted octanol–water partition coefficient (Wildman–Crippen LogP) is 6.50. The summed E-state index contributed by atoms with van der Waals surface area (Å²) in [6, 6.07) is 18.5. The van der Waals surface area contributed by atoms with Crippen molar-refractivity contribution in [1.29, 1.82) is 0 Å². The molecule has 0 bridgehead atoms. The Labute approximate surface area is 173 Å². The molecule has 28 heavy (non-hydrogen) atoms. The zero-order valence-corrected chi connectivity index (χ0v) is 16.6. The third-order valence-electron chi connectivity index (χ3n) is 4.41. The molecule has 1 heterocycles. The molecule has 3 nitrogen and oxygen atoms in total. The van der Waals surface area contributed by atoms with Gasteiger partial charge in [0.15, 0.2) is 5.76 Å². The summed E-state index contributed by atoms with van der Waals surface area (Å²) in [6.07, 6.45) is 1.65. The van der Waals surface area contributed by atoms with Gasteiger partial charge in [-0.3, -0.25) is 4.79 Å². The second-order valence-electron chi connectivity index (χ2n) is 6.55. The molecule has 4 rings (SSSR count). The first-order valence-electron chi connectivity index (χ1n) is 8.71. The van der Waals surface area contributed by atoms with Gasteiger partial charge in [-0.25, -0.2) is 0 Å². The lowest BCUT2D eigenvalue weighted by atomic mass is 10.1. The van der Waals surface area contributed by atoms with E-state index in [9.17, 15) is 4.79 Å². The van der Waals surface area contributed by atoms with Crippen LogP contribution in [0.15, 0.2) is 66.4 Å². The Bertz CT molecular complexity index is 1090. The predicted molar refractivity (Wildman–Crippen MR) is 111 cm³/mol. The molecule has 0 saturated carbocycles. The molecule has 140 valence electrons. The van der Waals surface area contributed by atoms with Crippen molar-refractivity contribution in [1.82, 2.24) is 0 Å². The van der Waals surface area contributed by atoms with Crippen LogP contribution in [0.4, 0.5) is 0 Å². The molecule has 0 unspecified atom stereocenters. The number of ether oxygens (including phenoxy) is 2. The normalized spacial score (nSPS) is 14.1. The van der Waals surface area contributed by atoms with Gasteiger partial charge >= 0.3 is 0 Å². The SMILES string of the molecule is Cc1ccc(COc2ccc3c(c2)OC(=Cc2ccc(Cl)c(Cl)c2)C3=O)cc1. The molecule has 0 atom stereocenters. The van der Waals surface area contributed by atoms with Gasteiger partial charge in [0.2, 0.25) is 5.78 Å². The van der Waals surface area contributed by atoms with Gasteiger partial charge in [-0.05, 0) is 48.4 Å². The van der Waals surface area contributed by atoms with E-state index in [-0.39, 0.29) is 11.5 Å². The van der Waals surface area contributed by atoms with E-state index in [1.54, 1.807) is 42.5 Å². The summed E-state index contributed by atoms with van der Waals surface area (Å²) in [7, 11) is 0. The molecule has 0 aromatic heterocycles. The number of benzene rings is 3. The summed E-state index contributed by atoms with van der Waals surface area (Å²) >= 11 is 12.0. The number of halogens is 2. The van der Waals surface area contributed by atoms with E-state index < -0.39 is 0 Å². The van der Waals surface area contributed by atoms with Gasteiger partial charge in [0, 0.05) is 6.07 Å². The summed E-state index contributed by atoms with van der Waals surface area (Å²) in [4.78, 5) is 12.6. The van der Waals surface area contributed by atoms with Gasteiger partial charge < -0.3 is 9.47 Å². The maximum atomic E-state index is 12.6. The Morgan fingerprint density at radius 3 is 2.50 bits per heavy atom. The van der Waals surface area contributed by atoms with Crippen LogP contribution >= 0.6 is 23.2 Å². The summed E-state index contributed by atoms with van der Waals surface area (Å²) in [5, 5.41) is 0.881. The standard InChI is InChI=1S/C23H16Cl2O3/c1-14-2-4-15(5-3-14)13-27-17-7-8-18-21(12-17)28-22(23(18)26)11-16-6-9-19(24)20(25)10-16/h2-12H,13H2,1H3. The van der Waals surface area contributed by atoms with Crippen LogP contribution in [0.5, 0.6) is 11.5 Å². The first kappa shape index (κ1) is 18.6. The van der Waals surface area contributed by atoms with Crippen molar-refractivity contribution in [2.75, 3.05) is 0 Å². The molecule has 0 aliphatic carbocycles. The molecule has 1 aliphatic heterocycles. The molecular formula is C23H16Cl2O3. The highest BCUT2D eigenvalue weighted by Crippen LogP contribution is 2.35. The highest BCUT2D eigenvalue weighted by molar-refractivity contribution is 6.42. The third-order valence-corrected chi connectivity index (χ3v) is 5.15. The number of carbonyl (C=O) groups excluding carboxylic acids is 1. The van der Waals surface area contributed by atoms with Crippen LogP contribution in [0.2, 0.25) is 10.0 Å². The van der Waals surface area contributed by atoms with E-state index in [0.29, 0.717) is 33.7 Å². The van der Waals surface area contributed by atoms with Crippen molar-refractivity contribution in [3.05, 3.63) is 98.7 Å². The van der Waals surface area contributed by atoms with E-state index in [1.165, 1.54) is 5.56 Å². The highest BCUT2D eigenvalue weighted by atomic mass is 35.5. The lowest BCUT2D eigenvalue weighted by Crippen LogP contribution is -1.98. The number of Topliss-reactive ketones (excluding diaryl/α,β-unsaturated/α-hetero) is 1. The van der Waals surface area contributed by atoms with Crippen LogP contribution in [-0.2, 0) is 6.61 Å². The molecule has 0 spiro atoms. The van der Waals surface area contributed by atoms with Gasteiger partial charge in [-0.1, -0.05) is 59.1 Å². The number of hydrogen-bond donors (Lipinski definition) is 0. The second-order valence-corrected chi connectivity index (χ2v) is 7.36. The van der Waals surface area contributed by atoms with Gasteiger partial charge in [0.25, 0.3) is 0 Å². The summed E-state index contributed by atoms with van der Waals surface area (Å²) in [5.74, 6) is 1.19. The number of fused-ring (bicyclic) bond motifs is 1. The minimum absolute atomic E-state index is 0.175. The third kappa shape index (κ3) is 3.91. The van der Waals surface area contributed by atoms with E-state index in [0.717, 1.165) is 11.1 Å². The first-order chi connectivity index (χ1) is 13.5. The minimum Gasteiger partial charge on any atom is -0.489 e. The Hall–Kier alpha value is -2.75.